The number of methoxy groups -OCH3 is 2. The van der Waals surface area contributed by atoms with Gasteiger partial charge in [-0.05, 0) is 18.2 Å². The Morgan fingerprint density at radius 1 is 1.31 bits per heavy atom. The van der Waals surface area contributed by atoms with E-state index in [0.29, 0.717) is 0 Å². The number of nitrogens with two attached hydrogens (primary N) is 1. The van der Waals surface area contributed by atoms with E-state index >= 15 is 0 Å². The molecule has 4 heteroatoms. The van der Waals surface area contributed by atoms with E-state index in [1.807, 2.05) is 6.07 Å². The maximum absolute atomic E-state index is 5.10. The molecule has 1 aromatic carbocycles. The number of nitrogens with zero attached hydrogens (tertiary/aromatic N) is 1. The van der Waals surface area contributed by atoms with E-state index in [4.69, 9.17) is 15.3 Å². The second-order valence-electron chi connectivity index (χ2n) is 2.39. The summed E-state index contributed by atoms with van der Waals surface area (Å²) in [5.74, 6) is 6.51. The highest BCUT2D eigenvalue weighted by Crippen LogP contribution is 2.21. The Labute approximate surface area is 77.0 Å². The summed E-state index contributed by atoms with van der Waals surface area (Å²) in [5, 5.41) is 3.43. The zero-order valence-electron chi connectivity index (χ0n) is 7.65. The topological polar surface area (TPSA) is 56.8 Å². The summed E-state index contributed by atoms with van der Waals surface area (Å²) in [4.78, 5) is 0. The molecule has 0 spiro atoms. The van der Waals surface area contributed by atoms with E-state index in [1.165, 1.54) is 6.21 Å². The van der Waals surface area contributed by atoms with Gasteiger partial charge < -0.3 is 15.3 Å². The van der Waals surface area contributed by atoms with E-state index in [0.717, 1.165) is 17.1 Å². The lowest BCUT2D eigenvalue weighted by Crippen LogP contribution is -1.94. The minimum Gasteiger partial charge on any atom is -0.497 e. The highest BCUT2D eigenvalue weighted by Gasteiger charge is 2.01. The van der Waals surface area contributed by atoms with Crippen molar-refractivity contribution < 1.29 is 9.47 Å². The molecule has 4 nitrogen and oxygen atoms in total. The van der Waals surface area contributed by atoms with Gasteiger partial charge in [0.1, 0.15) is 11.5 Å². The van der Waals surface area contributed by atoms with Gasteiger partial charge >= 0.3 is 0 Å². The van der Waals surface area contributed by atoms with Crippen molar-refractivity contribution >= 4 is 6.21 Å². The molecule has 0 fully saturated rings. The summed E-state index contributed by atoms with van der Waals surface area (Å²) in [6.45, 7) is 0. The monoisotopic (exact) mass is 180 g/mol. The van der Waals surface area contributed by atoms with Crippen molar-refractivity contribution in [3.8, 4) is 11.5 Å². The van der Waals surface area contributed by atoms with Crippen molar-refractivity contribution in [3.05, 3.63) is 23.8 Å². The number of hydrogen-bond acceptors (Lipinski definition) is 4. The number of rotatable bonds is 3. The largest absolute Gasteiger partial charge is 0.497 e. The summed E-state index contributed by atoms with van der Waals surface area (Å²) in [6.07, 6.45) is 1.52. The minimum atomic E-state index is 0.718. The molecule has 1 rings (SSSR count). The Balaban J connectivity index is 3.09. The lowest BCUT2D eigenvalue weighted by molar-refractivity contribution is 0.402. The fourth-order valence-electron chi connectivity index (χ4n) is 1.02. The SMILES string of the molecule is COc1ccc(OC)c(C=NN)c1. The van der Waals surface area contributed by atoms with Crippen molar-refractivity contribution in [3.63, 3.8) is 0 Å². The third kappa shape index (κ3) is 2.11. The molecule has 1 aromatic rings. The summed E-state index contributed by atoms with van der Waals surface area (Å²) < 4.78 is 10.1. The second-order valence-corrected chi connectivity index (χ2v) is 2.39. The summed E-state index contributed by atoms with van der Waals surface area (Å²) in [6, 6.07) is 5.41. The van der Waals surface area contributed by atoms with Crippen molar-refractivity contribution in [2.45, 2.75) is 0 Å². The average Bonchev–Trinajstić information content (AvgIpc) is 2.18. The number of hydrogen-bond donors (Lipinski definition) is 1. The van der Waals surface area contributed by atoms with Crippen LogP contribution in [0, 0.1) is 0 Å². The first kappa shape index (κ1) is 9.38. The van der Waals surface area contributed by atoms with E-state index < -0.39 is 0 Å². The van der Waals surface area contributed by atoms with Crippen molar-refractivity contribution in [1.82, 2.24) is 0 Å². The molecular weight excluding hydrogens is 168 g/mol. The molecule has 0 heterocycles. The molecule has 70 valence electrons. The molecule has 2 N–H and O–H groups in total. The Hall–Kier alpha value is -1.71. The van der Waals surface area contributed by atoms with Crippen LogP contribution in [0.25, 0.3) is 0 Å². The first-order chi connectivity index (χ1) is 6.31. The predicted molar refractivity (Wildman–Crippen MR) is 51.3 cm³/mol. The Morgan fingerprint density at radius 2 is 2.08 bits per heavy atom. The van der Waals surface area contributed by atoms with Gasteiger partial charge in [0.2, 0.25) is 0 Å². The van der Waals surface area contributed by atoms with Gasteiger partial charge in [-0.1, -0.05) is 0 Å². The summed E-state index contributed by atoms with van der Waals surface area (Å²) >= 11 is 0. The van der Waals surface area contributed by atoms with Crippen LogP contribution in [-0.2, 0) is 0 Å². The third-order valence-corrected chi connectivity index (χ3v) is 1.65. The van der Waals surface area contributed by atoms with Crippen LogP contribution in [0.2, 0.25) is 0 Å². The van der Waals surface area contributed by atoms with E-state index in [-0.39, 0.29) is 0 Å². The molecule has 0 saturated heterocycles. The lowest BCUT2D eigenvalue weighted by atomic mass is 10.2. The van der Waals surface area contributed by atoms with E-state index in [9.17, 15) is 0 Å². The van der Waals surface area contributed by atoms with Gasteiger partial charge in [-0.15, -0.1) is 0 Å². The fraction of sp³-hybridized carbons (Fsp3) is 0.222. The van der Waals surface area contributed by atoms with E-state index in [2.05, 4.69) is 5.10 Å². The quantitative estimate of drug-likeness (QED) is 0.429. The smallest absolute Gasteiger partial charge is 0.127 e. The zero-order valence-corrected chi connectivity index (χ0v) is 7.65. The first-order valence-electron chi connectivity index (χ1n) is 3.77. The summed E-state index contributed by atoms with van der Waals surface area (Å²) in [7, 11) is 3.20. The van der Waals surface area contributed by atoms with Crippen LogP contribution in [0.3, 0.4) is 0 Å². The Morgan fingerprint density at radius 3 is 2.62 bits per heavy atom. The van der Waals surface area contributed by atoms with Crippen LogP contribution in [0.4, 0.5) is 0 Å². The van der Waals surface area contributed by atoms with Crippen LogP contribution in [0.5, 0.6) is 11.5 Å². The molecule has 13 heavy (non-hydrogen) atoms. The number of benzene rings is 1. The van der Waals surface area contributed by atoms with Crippen LogP contribution < -0.4 is 15.3 Å². The van der Waals surface area contributed by atoms with Gasteiger partial charge in [0, 0.05) is 5.56 Å². The molecule has 0 aliphatic heterocycles. The molecule has 0 bridgehead atoms. The van der Waals surface area contributed by atoms with Crippen LogP contribution in [-0.4, -0.2) is 20.4 Å². The predicted octanol–water partition coefficient (Wildman–Crippen LogP) is 0.996. The maximum atomic E-state index is 5.10. The zero-order chi connectivity index (χ0) is 9.68. The van der Waals surface area contributed by atoms with Gasteiger partial charge in [-0.25, -0.2) is 0 Å². The maximum Gasteiger partial charge on any atom is 0.127 e. The molecule has 0 amide bonds. The fourth-order valence-corrected chi connectivity index (χ4v) is 1.02. The molecule has 0 atom stereocenters. The van der Waals surface area contributed by atoms with Gasteiger partial charge in [0.25, 0.3) is 0 Å². The molecule has 0 aliphatic carbocycles. The molecular formula is C9H12N2O2. The lowest BCUT2D eigenvalue weighted by Gasteiger charge is -2.05. The first-order valence-corrected chi connectivity index (χ1v) is 3.77. The van der Waals surface area contributed by atoms with Crippen LogP contribution in [0.1, 0.15) is 5.56 Å². The molecule has 0 unspecified atom stereocenters. The molecule has 0 radical (unpaired) electrons. The highest BCUT2D eigenvalue weighted by atomic mass is 16.5. The number of hydrazone groups is 1. The van der Waals surface area contributed by atoms with Crippen LogP contribution >= 0.6 is 0 Å². The Kier molecular flexibility index (Phi) is 3.14. The van der Waals surface area contributed by atoms with Gasteiger partial charge in [0.15, 0.2) is 0 Å². The van der Waals surface area contributed by atoms with Crippen molar-refractivity contribution in [1.29, 1.82) is 0 Å². The van der Waals surface area contributed by atoms with Gasteiger partial charge in [0.05, 0.1) is 20.4 Å². The Bertz CT molecular complexity index is 310. The third-order valence-electron chi connectivity index (χ3n) is 1.65. The molecule has 0 aliphatic rings. The molecule has 0 saturated carbocycles. The van der Waals surface area contributed by atoms with Crippen LogP contribution in [0.15, 0.2) is 23.3 Å². The standard InChI is InChI=1S/C9H12N2O2/c1-12-8-3-4-9(13-2)7(5-8)6-11-10/h3-6H,10H2,1-2H3. The highest BCUT2D eigenvalue weighted by molar-refractivity contribution is 5.84. The minimum absolute atomic E-state index is 0.718. The van der Waals surface area contributed by atoms with Crippen molar-refractivity contribution in [2.75, 3.05) is 14.2 Å². The molecule has 0 aromatic heterocycles. The number of ether oxygens (including phenoxy) is 2. The normalized spacial score (nSPS) is 10.3. The van der Waals surface area contributed by atoms with Crippen molar-refractivity contribution in [2.24, 2.45) is 10.9 Å². The summed E-state index contributed by atoms with van der Waals surface area (Å²) in [5.41, 5.74) is 0.796. The van der Waals surface area contributed by atoms with E-state index in [1.54, 1.807) is 26.4 Å². The van der Waals surface area contributed by atoms with Gasteiger partial charge in [-0.2, -0.15) is 5.10 Å². The second kappa shape index (κ2) is 4.35. The average molecular weight is 180 g/mol. The van der Waals surface area contributed by atoms with Gasteiger partial charge in [-0.3, -0.25) is 0 Å².